The molecule has 0 bridgehead atoms. The van der Waals surface area contributed by atoms with Crippen LogP contribution in [0, 0.1) is 16.7 Å². The quantitative estimate of drug-likeness (QED) is 0.445. The Balaban J connectivity index is 2.32. The van der Waals surface area contributed by atoms with Crippen LogP contribution < -0.4 is 0 Å². The molecule has 0 unspecified atom stereocenters. The van der Waals surface area contributed by atoms with Gasteiger partial charge in [0.25, 0.3) is 0 Å². The molecule has 0 radical (unpaired) electrons. The first-order valence-corrected chi connectivity index (χ1v) is 3.58. The summed E-state index contributed by atoms with van der Waals surface area (Å²) in [5.74, 6) is 0.564. The van der Waals surface area contributed by atoms with E-state index >= 15 is 0 Å². The molecule has 1 rings (SSSR count). The maximum atomic E-state index is 7.31. The molecule has 10 heavy (non-hydrogen) atoms. The van der Waals surface area contributed by atoms with Gasteiger partial charge < -0.3 is 4.74 Å². The smallest absolute Gasteiger partial charge is 0.191 e. The summed E-state index contributed by atoms with van der Waals surface area (Å²) < 4.78 is 4.65. The highest BCUT2D eigenvalue weighted by Gasteiger charge is 2.20. The molecule has 0 aromatic rings. The lowest BCUT2D eigenvalue weighted by Gasteiger charge is -2.06. The van der Waals surface area contributed by atoms with E-state index in [9.17, 15) is 0 Å². The minimum atomic E-state index is 0.271. The highest BCUT2D eigenvalue weighted by Crippen LogP contribution is 2.25. The molecule has 0 aromatic carbocycles. The van der Waals surface area contributed by atoms with Crippen LogP contribution in [0.4, 0.5) is 0 Å². The van der Waals surface area contributed by atoms with E-state index in [4.69, 9.17) is 10.8 Å². The molecule has 0 heterocycles. The number of ether oxygens (including phenoxy) is 1. The molecule has 0 spiro atoms. The Labute approximate surface area is 60.4 Å². The van der Waals surface area contributed by atoms with E-state index in [0.717, 1.165) is 19.2 Å². The van der Waals surface area contributed by atoms with Crippen molar-refractivity contribution in [3.63, 3.8) is 0 Å². The number of hydrogen-bond donors (Lipinski definition) is 2. The second-order valence-electron chi connectivity index (χ2n) is 2.58. The SMILES string of the molecule is N=COC(=N)C1CCCC1. The Kier molecular flexibility index (Phi) is 2.42. The molecule has 0 amide bonds. The molecule has 2 N–H and O–H groups in total. The van der Waals surface area contributed by atoms with Crippen LogP contribution >= 0.6 is 0 Å². The maximum absolute atomic E-state index is 7.31. The summed E-state index contributed by atoms with van der Waals surface area (Å²) in [6, 6.07) is 0. The fourth-order valence-corrected chi connectivity index (χ4v) is 1.35. The monoisotopic (exact) mass is 140 g/mol. The van der Waals surface area contributed by atoms with Gasteiger partial charge in [0.05, 0.1) is 0 Å². The molecule has 3 heteroatoms. The van der Waals surface area contributed by atoms with Crippen molar-refractivity contribution >= 4 is 12.3 Å². The second kappa shape index (κ2) is 3.34. The Morgan fingerprint density at radius 1 is 1.40 bits per heavy atom. The lowest BCUT2D eigenvalue weighted by atomic mass is 10.1. The van der Waals surface area contributed by atoms with Crippen LogP contribution in [-0.2, 0) is 4.74 Å². The average molecular weight is 140 g/mol. The summed E-state index contributed by atoms with van der Waals surface area (Å²) in [6.07, 6.45) is 5.36. The lowest BCUT2D eigenvalue weighted by molar-refractivity contribution is 0.488. The summed E-state index contributed by atoms with van der Waals surface area (Å²) in [6.45, 7) is 0. The summed E-state index contributed by atoms with van der Waals surface area (Å²) in [4.78, 5) is 0. The van der Waals surface area contributed by atoms with Gasteiger partial charge in [0.1, 0.15) is 0 Å². The summed E-state index contributed by atoms with van der Waals surface area (Å²) >= 11 is 0. The van der Waals surface area contributed by atoms with E-state index in [1.54, 1.807) is 0 Å². The minimum Gasteiger partial charge on any atom is -0.432 e. The minimum absolute atomic E-state index is 0.271. The van der Waals surface area contributed by atoms with Crippen molar-refractivity contribution < 1.29 is 4.74 Å². The third kappa shape index (κ3) is 1.56. The molecule has 3 nitrogen and oxygen atoms in total. The van der Waals surface area contributed by atoms with Crippen LogP contribution in [0.25, 0.3) is 0 Å². The van der Waals surface area contributed by atoms with E-state index in [2.05, 4.69) is 4.74 Å². The van der Waals surface area contributed by atoms with Crippen molar-refractivity contribution in [1.29, 1.82) is 10.8 Å². The topological polar surface area (TPSA) is 56.9 Å². The highest BCUT2D eigenvalue weighted by atomic mass is 16.5. The summed E-state index contributed by atoms with van der Waals surface area (Å²) in [7, 11) is 0. The first-order chi connectivity index (χ1) is 4.84. The predicted molar refractivity (Wildman–Crippen MR) is 39.6 cm³/mol. The Morgan fingerprint density at radius 2 is 2.00 bits per heavy atom. The third-order valence-electron chi connectivity index (χ3n) is 1.91. The largest absolute Gasteiger partial charge is 0.432 e. The molecule has 1 fully saturated rings. The highest BCUT2D eigenvalue weighted by molar-refractivity contribution is 5.81. The van der Waals surface area contributed by atoms with Crippen LogP contribution in [0.1, 0.15) is 25.7 Å². The van der Waals surface area contributed by atoms with E-state index in [-0.39, 0.29) is 5.90 Å². The van der Waals surface area contributed by atoms with Crippen molar-refractivity contribution in [2.24, 2.45) is 5.92 Å². The maximum Gasteiger partial charge on any atom is 0.191 e. The average Bonchev–Trinajstić information content (AvgIpc) is 2.38. The molecule has 0 aliphatic heterocycles. The normalized spacial score (nSPS) is 18.8. The molecule has 1 aliphatic rings. The molecule has 56 valence electrons. The van der Waals surface area contributed by atoms with Crippen LogP contribution in [0.15, 0.2) is 0 Å². The van der Waals surface area contributed by atoms with Crippen molar-refractivity contribution in [2.45, 2.75) is 25.7 Å². The molecule has 1 saturated carbocycles. The van der Waals surface area contributed by atoms with Crippen molar-refractivity contribution in [2.75, 3.05) is 0 Å². The third-order valence-corrected chi connectivity index (χ3v) is 1.91. The van der Waals surface area contributed by atoms with E-state index in [1.807, 2.05) is 0 Å². The zero-order valence-electron chi connectivity index (χ0n) is 5.89. The van der Waals surface area contributed by atoms with Gasteiger partial charge >= 0.3 is 0 Å². The van der Waals surface area contributed by atoms with Crippen molar-refractivity contribution in [3.05, 3.63) is 0 Å². The van der Waals surface area contributed by atoms with Crippen molar-refractivity contribution in [1.82, 2.24) is 0 Å². The number of nitrogens with one attached hydrogen (secondary N) is 2. The van der Waals surface area contributed by atoms with E-state index in [1.165, 1.54) is 12.8 Å². The molecule has 1 aliphatic carbocycles. The van der Waals surface area contributed by atoms with Crippen LogP contribution in [0.5, 0.6) is 0 Å². The van der Waals surface area contributed by atoms with Gasteiger partial charge in [0.2, 0.25) is 0 Å². The van der Waals surface area contributed by atoms with E-state index in [0.29, 0.717) is 5.92 Å². The van der Waals surface area contributed by atoms with Gasteiger partial charge in [-0.25, -0.2) is 0 Å². The number of hydrogen-bond acceptors (Lipinski definition) is 3. The van der Waals surface area contributed by atoms with Crippen LogP contribution in [0.2, 0.25) is 0 Å². The number of rotatable bonds is 2. The Bertz CT molecular complexity index is 139. The zero-order valence-corrected chi connectivity index (χ0v) is 5.89. The van der Waals surface area contributed by atoms with E-state index < -0.39 is 0 Å². The van der Waals surface area contributed by atoms with Gasteiger partial charge in [-0.05, 0) is 12.8 Å². The van der Waals surface area contributed by atoms with Gasteiger partial charge in [-0.2, -0.15) is 0 Å². The molecule has 0 aromatic heterocycles. The van der Waals surface area contributed by atoms with Gasteiger partial charge in [0, 0.05) is 5.92 Å². The van der Waals surface area contributed by atoms with Crippen LogP contribution in [0.3, 0.4) is 0 Å². The zero-order chi connectivity index (χ0) is 7.40. The van der Waals surface area contributed by atoms with Gasteiger partial charge in [-0.3, -0.25) is 10.8 Å². The lowest BCUT2D eigenvalue weighted by Crippen LogP contribution is -2.12. The Hall–Kier alpha value is -0.860. The van der Waals surface area contributed by atoms with Gasteiger partial charge in [0.15, 0.2) is 12.3 Å². The van der Waals surface area contributed by atoms with Gasteiger partial charge in [-0.1, -0.05) is 12.8 Å². The molecule has 0 saturated heterocycles. The molecule has 0 atom stereocenters. The fraction of sp³-hybridized carbons (Fsp3) is 0.714. The van der Waals surface area contributed by atoms with Crippen molar-refractivity contribution in [3.8, 4) is 0 Å². The fourth-order valence-electron chi connectivity index (χ4n) is 1.35. The molecular formula is C7H12N2O. The van der Waals surface area contributed by atoms with Gasteiger partial charge in [-0.15, -0.1) is 0 Å². The Morgan fingerprint density at radius 3 is 2.50 bits per heavy atom. The second-order valence-corrected chi connectivity index (χ2v) is 2.58. The standard InChI is InChI=1S/C7H12N2O/c8-5-10-7(9)6-3-1-2-4-6/h5-6,8-9H,1-4H2. The first kappa shape index (κ1) is 7.25. The molecular weight excluding hydrogens is 128 g/mol. The summed E-state index contributed by atoms with van der Waals surface area (Å²) in [5, 5.41) is 13.9. The van der Waals surface area contributed by atoms with Crippen LogP contribution in [-0.4, -0.2) is 12.3 Å². The first-order valence-electron chi connectivity index (χ1n) is 3.58. The summed E-state index contributed by atoms with van der Waals surface area (Å²) in [5.41, 5.74) is 0. The predicted octanol–water partition coefficient (Wildman–Crippen LogP) is 1.78.